The lowest BCUT2D eigenvalue weighted by molar-refractivity contribution is -0.127. The van der Waals surface area contributed by atoms with Crippen LogP contribution in [-0.4, -0.2) is 28.9 Å². The first-order chi connectivity index (χ1) is 8.66. The summed E-state index contributed by atoms with van der Waals surface area (Å²) >= 11 is 0. The summed E-state index contributed by atoms with van der Waals surface area (Å²) in [5, 5.41) is 10.5. The van der Waals surface area contributed by atoms with E-state index in [2.05, 4.69) is 11.9 Å². The fraction of sp³-hybridized carbons (Fsp3) is 0.667. The van der Waals surface area contributed by atoms with E-state index < -0.39 is 6.10 Å². The molecule has 1 heterocycles. The van der Waals surface area contributed by atoms with Gasteiger partial charge in [0.05, 0.1) is 11.7 Å². The van der Waals surface area contributed by atoms with Crippen LogP contribution in [0.25, 0.3) is 0 Å². The first-order valence-corrected chi connectivity index (χ1v) is 6.78. The topological polar surface area (TPSA) is 42.4 Å². The van der Waals surface area contributed by atoms with Crippen molar-refractivity contribution in [2.75, 3.05) is 7.11 Å². The van der Waals surface area contributed by atoms with E-state index in [4.69, 9.17) is 4.74 Å². The van der Waals surface area contributed by atoms with Gasteiger partial charge in [-0.3, -0.25) is 4.98 Å². The van der Waals surface area contributed by atoms with Crippen molar-refractivity contribution in [3.63, 3.8) is 0 Å². The van der Waals surface area contributed by atoms with Crippen LogP contribution in [0.2, 0.25) is 0 Å². The second-order valence-electron chi connectivity index (χ2n) is 5.53. The second kappa shape index (κ2) is 5.81. The van der Waals surface area contributed by atoms with Crippen LogP contribution in [0.1, 0.15) is 38.2 Å². The van der Waals surface area contributed by atoms with Crippen LogP contribution < -0.4 is 0 Å². The highest BCUT2D eigenvalue weighted by atomic mass is 16.5. The van der Waals surface area contributed by atoms with E-state index in [0.29, 0.717) is 6.42 Å². The van der Waals surface area contributed by atoms with Crippen LogP contribution in [0.4, 0.5) is 0 Å². The number of aliphatic hydroxyl groups is 1. The van der Waals surface area contributed by atoms with Crippen LogP contribution in [0.5, 0.6) is 0 Å². The fourth-order valence-corrected chi connectivity index (χ4v) is 2.85. The number of hydrogen-bond acceptors (Lipinski definition) is 3. The third-order valence-corrected chi connectivity index (χ3v) is 4.31. The van der Waals surface area contributed by atoms with Crippen molar-refractivity contribution in [2.24, 2.45) is 5.92 Å². The van der Waals surface area contributed by atoms with E-state index in [1.54, 1.807) is 19.5 Å². The van der Waals surface area contributed by atoms with Gasteiger partial charge in [0.15, 0.2) is 0 Å². The average Bonchev–Trinajstić information content (AvgIpc) is 2.41. The SMILES string of the molecule is COC1(C(O)Cc2ccncc2)CCC(C)CC1. The number of aliphatic hydroxyl groups excluding tert-OH is 1. The molecular formula is C15H23NO2. The van der Waals surface area contributed by atoms with Gasteiger partial charge in [-0.2, -0.15) is 0 Å². The molecule has 0 amide bonds. The zero-order valence-electron chi connectivity index (χ0n) is 11.3. The first kappa shape index (κ1) is 13.5. The van der Waals surface area contributed by atoms with Gasteiger partial charge in [-0.1, -0.05) is 6.92 Å². The zero-order valence-corrected chi connectivity index (χ0v) is 11.3. The summed E-state index contributed by atoms with van der Waals surface area (Å²) in [6.45, 7) is 2.27. The predicted molar refractivity (Wildman–Crippen MR) is 71.3 cm³/mol. The molecule has 18 heavy (non-hydrogen) atoms. The van der Waals surface area contributed by atoms with Gasteiger partial charge in [-0.25, -0.2) is 0 Å². The molecule has 0 radical (unpaired) electrons. The largest absolute Gasteiger partial charge is 0.390 e. The van der Waals surface area contributed by atoms with Gasteiger partial charge in [0.25, 0.3) is 0 Å². The van der Waals surface area contributed by atoms with Gasteiger partial charge in [-0.15, -0.1) is 0 Å². The van der Waals surface area contributed by atoms with E-state index in [1.165, 1.54) is 0 Å². The van der Waals surface area contributed by atoms with Crippen molar-refractivity contribution >= 4 is 0 Å². The van der Waals surface area contributed by atoms with Crippen molar-refractivity contribution in [1.82, 2.24) is 4.98 Å². The van der Waals surface area contributed by atoms with Crippen molar-refractivity contribution in [3.8, 4) is 0 Å². The molecule has 1 fully saturated rings. The van der Waals surface area contributed by atoms with Crippen LogP contribution in [-0.2, 0) is 11.2 Å². The molecule has 1 unspecified atom stereocenters. The van der Waals surface area contributed by atoms with Gasteiger partial charge in [-0.05, 0) is 49.3 Å². The molecule has 1 aromatic heterocycles. The van der Waals surface area contributed by atoms with Crippen LogP contribution in [0.15, 0.2) is 24.5 Å². The summed E-state index contributed by atoms with van der Waals surface area (Å²) < 4.78 is 5.70. The Hall–Kier alpha value is -0.930. The maximum absolute atomic E-state index is 10.5. The van der Waals surface area contributed by atoms with Crippen LogP contribution in [0.3, 0.4) is 0 Å². The minimum absolute atomic E-state index is 0.351. The molecule has 1 atom stereocenters. The normalized spacial score (nSPS) is 30.1. The van der Waals surface area contributed by atoms with Gasteiger partial charge in [0, 0.05) is 25.9 Å². The van der Waals surface area contributed by atoms with E-state index >= 15 is 0 Å². The summed E-state index contributed by atoms with van der Waals surface area (Å²) in [6, 6.07) is 3.91. The number of rotatable bonds is 4. The number of nitrogens with zero attached hydrogens (tertiary/aromatic N) is 1. The minimum atomic E-state index is -0.433. The Bertz CT molecular complexity index is 358. The summed E-state index contributed by atoms with van der Waals surface area (Å²) in [6.07, 6.45) is 7.94. The van der Waals surface area contributed by atoms with Gasteiger partial charge in [0.2, 0.25) is 0 Å². The number of aromatic nitrogens is 1. The molecule has 1 aromatic rings. The Morgan fingerprint density at radius 1 is 1.39 bits per heavy atom. The van der Waals surface area contributed by atoms with Gasteiger partial charge < -0.3 is 9.84 Å². The molecule has 3 heteroatoms. The van der Waals surface area contributed by atoms with E-state index in [1.807, 2.05) is 12.1 Å². The highest BCUT2D eigenvalue weighted by Crippen LogP contribution is 2.37. The molecule has 0 saturated heterocycles. The van der Waals surface area contributed by atoms with Crippen molar-refractivity contribution in [3.05, 3.63) is 30.1 Å². The van der Waals surface area contributed by atoms with E-state index in [-0.39, 0.29) is 5.60 Å². The Labute approximate surface area is 109 Å². The number of pyridine rings is 1. The first-order valence-electron chi connectivity index (χ1n) is 6.78. The third-order valence-electron chi connectivity index (χ3n) is 4.31. The molecule has 3 nitrogen and oxygen atoms in total. The molecular weight excluding hydrogens is 226 g/mol. The second-order valence-corrected chi connectivity index (χ2v) is 5.53. The summed E-state index contributed by atoms with van der Waals surface area (Å²) in [7, 11) is 1.73. The molecule has 0 aromatic carbocycles. The lowest BCUT2D eigenvalue weighted by Gasteiger charge is -2.41. The summed E-state index contributed by atoms with van der Waals surface area (Å²) in [5.74, 6) is 0.751. The molecule has 100 valence electrons. The smallest absolute Gasteiger partial charge is 0.0939 e. The molecule has 1 saturated carbocycles. The van der Waals surface area contributed by atoms with Crippen molar-refractivity contribution < 1.29 is 9.84 Å². The Balaban J connectivity index is 2.03. The van der Waals surface area contributed by atoms with E-state index in [9.17, 15) is 5.11 Å². The van der Waals surface area contributed by atoms with Crippen LogP contribution >= 0.6 is 0 Å². The number of methoxy groups -OCH3 is 1. The standard InChI is InChI=1S/C15H23NO2/c1-12-3-7-15(18-2,8-4-12)14(17)11-13-5-9-16-10-6-13/h5-6,9-10,12,14,17H,3-4,7-8,11H2,1-2H3. The van der Waals surface area contributed by atoms with Gasteiger partial charge >= 0.3 is 0 Å². The van der Waals surface area contributed by atoms with Crippen molar-refractivity contribution in [1.29, 1.82) is 0 Å². The summed E-state index contributed by atoms with van der Waals surface area (Å²) in [4.78, 5) is 4.00. The van der Waals surface area contributed by atoms with E-state index in [0.717, 1.165) is 37.2 Å². The minimum Gasteiger partial charge on any atom is -0.390 e. The maximum Gasteiger partial charge on any atom is 0.0939 e. The fourth-order valence-electron chi connectivity index (χ4n) is 2.85. The molecule has 1 aliphatic rings. The zero-order chi connectivity index (χ0) is 13.0. The highest BCUT2D eigenvalue weighted by molar-refractivity contribution is 5.12. The van der Waals surface area contributed by atoms with Crippen LogP contribution in [0, 0.1) is 5.92 Å². The molecule has 1 N–H and O–H groups in total. The average molecular weight is 249 g/mol. The number of hydrogen-bond donors (Lipinski definition) is 1. The Kier molecular flexibility index (Phi) is 4.36. The quantitative estimate of drug-likeness (QED) is 0.891. The van der Waals surface area contributed by atoms with Gasteiger partial charge in [0.1, 0.15) is 0 Å². The predicted octanol–water partition coefficient (Wildman–Crippen LogP) is 2.58. The van der Waals surface area contributed by atoms with Crippen molar-refractivity contribution in [2.45, 2.75) is 50.7 Å². The number of ether oxygens (including phenoxy) is 1. The molecule has 0 bridgehead atoms. The third kappa shape index (κ3) is 2.90. The lowest BCUT2D eigenvalue weighted by Crippen LogP contribution is -2.47. The molecule has 0 spiro atoms. The lowest BCUT2D eigenvalue weighted by atomic mass is 9.75. The molecule has 0 aliphatic heterocycles. The Morgan fingerprint density at radius 3 is 2.56 bits per heavy atom. The monoisotopic (exact) mass is 249 g/mol. The maximum atomic E-state index is 10.5. The summed E-state index contributed by atoms with van der Waals surface area (Å²) in [5.41, 5.74) is 0.767. The highest BCUT2D eigenvalue weighted by Gasteiger charge is 2.40. The molecule has 2 rings (SSSR count). The Morgan fingerprint density at radius 2 is 2.00 bits per heavy atom. The molecule has 1 aliphatic carbocycles.